The van der Waals surface area contributed by atoms with Gasteiger partial charge in [0.25, 0.3) is 0 Å². The van der Waals surface area contributed by atoms with Gasteiger partial charge in [-0.1, -0.05) is 30.3 Å². The fraction of sp³-hybridized carbons (Fsp3) is 0.312. The van der Waals surface area contributed by atoms with E-state index in [9.17, 15) is 27.9 Å². The van der Waals surface area contributed by atoms with Crippen LogP contribution < -0.4 is 5.11 Å². The van der Waals surface area contributed by atoms with Gasteiger partial charge in [0.2, 0.25) is 0 Å². The molecule has 1 unspecified atom stereocenters. The molecule has 0 aliphatic heterocycles. The Morgan fingerprint density at radius 3 is 1.67 bits per heavy atom. The summed E-state index contributed by atoms with van der Waals surface area (Å²) in [4.78, 5) is 21.1. The van der Waals surface area contributed by atoms with Crippen molar-refractivity contribution in [3.05, 3.63) is 56.7 Å². The minimum atomic E-state index is -5.25. The van der Waals surface area contributed by atoms with Gasteiger partial charge in [0.1, 0.15) is 0 Å². The molecule has 0 bridgehead atoms. The number of rotatable bonds is 3. The van der Waals surface area contributed by atoms with E-state index in [0.717, 1.165) is 0 Å². The Balaban J connectivity index is -0.000000256. The Morgan fingerprint density at radius 1 is 1.00 bits per heavy atom. The molecule has 0 aliphatic carbocycles. The normalized spacial score (nSPS) is 9.88. The van der Waals surface area contributed by atoms with Gasteiger partial charge in [-0.25, -0.2) is 4.79 Å². The second-order valence-electron chi connectivity index (χ2n) is 3.01. The largest absolute Gasteiger partial charge is 0.546 e. The summed E-state index contributed by atoms with van der Waals surface area (Å²) >= 11 is 0. The molecule has 0 N–H and O–H groups in total. The van der Waals surface area contributed by atoms with E-state index in [0.29, 0.717) is 0 Å². The summed E-state index contributed by atoms with van der Waals surface area (Å²) < 4.78 is 39.5. The summed E-state index contributed by atoms with van der Waals surface area (Å²) in [6, 6.07) is 6.75. The maximum atomic E-state index is 11.9. The van der Waals surface area contributed by atoms with Gasteiger partial charge in [0, 0.05) is 17.6 Å². The van der Waals surface area contributed by atoms with Crippen molar-refractivity contribution in [2.45, 2.75) is 33.1 Å². The van der Waals surface area contributed by atoms with Crippen LogP contribution >= 0.6 is 0 Å². The molecule has 24 heavy (non-hydrogen) atoms. The Hall–Kier alpha value is -1.51. The van der Waals surface area contributed by atoms with Crippen LogP contribution in [0, 0.1) is 20.8 Å². The minimum absolute atomic E-state index is 0. The number of hydrogen-bond acceptors (Lipinski definition) is 4. The van der Waals surface area contributed by atoms with E-state index in [2.05, 4.69) is 25.5 Å². The molecule has 8 heteroatoms. The molecule has 0 fully saturated rings. The van der Waals surface area contributed by atoms with E-state index >= 15 is 0 Å². The number of carboxylic acids is 1. The van der Waals surface area contributed by atoms with E-state index in [-0.39, 0.29) is 23.2 Å². The van der Waals surface area contributed by atoms with Crippen LogP contribution in [0.1, 0.15) is 32.4 Å². The van der Waals surface area contributed by atoms with Gasteiger partial charge in [-0.15, -0.1) is 0 Å². The van der Waals surface area contributed by atoms with Crippen LogP contribution in [0.5, 0.6) is 0 Å². The Kier molecular flexibility index (Phi) is 22.6. The Morgan fingerprint density at radius 2 is 1.38 bits per heavy atom. The standard InChI is InChI=1S/C10H7F3O4.3C2H5.Ge/c11-10(12,13)9(16)17-7(8(14)15)6-4-2-1-3-5-6;3*1-2;/h1-5,7H,(H,14,15);3*1H2,2H3;/q;3*-1;/p-1. The molecular formula is C16H21F3GeO4-4. The average molecular weight is 407 g/mol. The van der Waals surface area contributed by atoms with E-state index in [1.54, 1.807) is 20.8 Å². The van der Waals surface area contributed by atoms with Gasteiger partial charge in [0.05, 0.1) is 5.97 Å². The minimum Gasteiger partial charge on any atom is -0.546 e. The molecule has 0 amide bonds. The molecule has 1 rings (SSSR count). The first-order valence-electron chi connectivity index (χ1n) is 6.48. The third-order valence-electron chi connectivity index (χ3n) is 1.77. The molecule has 138 valence electrons. The van der Waals surface area contributed by atoms with Gasteiger partial charge in [0.15, 0.2) is 6.10 Å². The predicted octanol–water partition coefficient (Wildman–Crippen LogP) is 2.72. The van der Waals surface area contributed by atoms with Gasteiger partial charge >= 0.3 is 12.1 Å². The number of carboxylic acid groups (broad SMARTS) is 1. The molecular weight excluding hydrogens is 386 g/mol. The zero-order valence-electron chi connectivity index (χ0n) is 13.9. The second kappa shape index (κ2) is 17.8. The number of ether oxygens (including phenoxy) is 1. The van der Waals surface area contributed by atoms with Gasteiger partial charge in [-0.2, -0.15) is 33.9 Å². The summed E-state index contributed by atoms with van der Waals surface area (Å²) in [6.07, 6.45) is -7.33. The Bertz CT molecular complexity index is 423. The summed E-state index contributed by atoms with van der Waals surface area (Å²) in [5, 5.41) is 10.6. The van der Waals surface area contributed by atoms with Crippen molar-refractivity contribution >= 4 is 29.5 Å². The number of halogens is 3. The molecule has 1 aromatic rings. The fourth-order valence-corrected chi connectivity index (χ4v) is 1.05. The third kappa shape index (κ3) is 13.0. The maximum absolute atomic E-state index is 11.9. The number of carbonyl (C=O) groups excluding carboxylic acids is 2. The van der Waals surface area contributed by atoms with Crippen molar-refractivity contribution in [2.24, 2.45) is 0 Å². The Labute approximate surface area is 152 Å². The molecule has 4 nitrogen and oxygen atoms in total. The number of alkyl halides is 3. The zero-order chi connectivity index (χ0) is 19.1. The van der Waals surface area contributed by atoms with Crippen LogP contribution in [0.25, 0.3) is 0 Å². The van der Waals surface area contributed by atoms with E-state index < -0.39 is 24.2 Å². The van der Waals surface area contributed by atoms with Gasteiger partial charge in [-0.05, 0) is 5.56 Å². The molecule has 0 saturated carbocycles. The number of carbonyl (C=O) groups is 2. The number of aliphatic carboxylic acids is 1. The summed E-state index contributed by atoms with van der Waals surface area (Å²) in [5.41, 5.74) is -0.106. The number of hydrogen-bond donors (Lipinski definition) is 0. The molecule has 0 aromatic heterocycles. The van der Waals surface area contributed by atoms with E-state index in [1.165, 1.54) is 30.3 Å². The van der Waals surface area contributed by atoms with Crippen molar-refractivity contribution in [3.63, 3.8) is 0 Å². The monoisotopic (exact) mass is 408 g/mol. The van der Waals surface area contributed by atoms with Crippen molar-refractivity contribution < 1.29 is 32.6 Å². The van der Waals surface area contributed by atoms with Crippen LogP contribution in [-0.2, 0) is 14.3 Å². The molecule has 4 radical (unpaired) electrons. The number of benzene rings is 1. The zero-order valence-corrected chi connectivity index (χ0v) is 16.0. The molecule has 0 heterocycles. The fourth-order valence-electron chi connectivity index (χ4n) is 1.05. The predicted molar refractivity (Wildman–Crippen MR) is 85.2 cm³/mol. The third-order valence-corrected chi connectivity index (χ3v) is 1.77. The van der Waals surface area contributed by atoms with Crippen molar-refractivity contribution in [3.8, 4) is 0 Å². The average Bonchev–Trinajstić information content (AvgIpc) is 2.57. The van der Waals surface area contributed by atoms with E-state index in [1.807, 2.05) is 0 Å². The summed E-state index contributed by atoms with van der Waals surface area (Å²) in [6.45, 7) is 15.0. The quantitative estimate of drug-likeness (QED) is 0.439. The van der Waals surface area contributed by atoms with Gasteiger partial charge in [-0.3, -0.25) is 0 Å². The van der Waals surface area contributed by atoms with Crippen molar-refractivity contribution in [2.75, 3.05) is 0 Å². The van der Waals surface area contributed by atoms with Crippen LogP contribution in [0.3, 0.4) is 0 Å². The first kappa shape index (κ1) is 30.4. The van der Waals surface area contributed by atoms with Crippen molar-refractivity contribution in [1.82, 2.24) is 0 Å². The van der Waals surface area contributed by atoms with Crippen LogP contribution in [0.2, 0.25) is 0 Å². The molecule has 1 aromatic carbocycles. The first-order valence-corrected chi connectivity index (χ1v) is 6.48. The maximum Gasteiger partial charge on any atom is 0.490 e. The SMILES string of the molecule is O=C([O-])C(OC(=O)C(F)(F)F)c1ccccc1.[CH2-]C.[CH2-]C.[CH2-]C.[Ge]. The van der Waals surface area contributed by atoms with Crippen molar-refractivity contribution in [1.29, 1.82) is 0 Å². The molecule has 0 aliphatic rings. The van der Waals surface area contributed by atoms with Crippen LogP contribution in [0.15, 0.2) is 30.3 Å². The molecule has 0 saturated heterocycles. The second-order valence-corrected chi connectivity index (χ2v) is 3.01. The molecule has 1 atom stereocenters. The number of esters is 1. The van der Waals surface area contributed by atoms with E-state index in [4.69, 9.17) is 0 Å². The summed E-state index contributed by atoms with van der Waals surface area (Å²) in [7, 11) is 0. The smallest absolute Gasteiger partial charge is 0.490 e. The van der Waals surface area contributed by atoms with Gasteiger partial charge < -0.3 is 35.4 Å². The van der Waals surface area contributed by atoms with Crippen LogP contribution in [-0.4, -0.2) is 35.7 Å². The van der Waals surface area contributed by atoms with Crippen LogP contribution in [0.4, 0.5) is 13.2 Å². The summed E-state index contributed by atoms with van der Waals surface area (Å²) in [5.74, 6) is -4.50. The topological polar surface area (TPSA) is 66.4 Å². The first-order chi connectivity index (χ1) is 10.8. The molecule has 0 spiro atoms.